The second-order valence-corrected chi connectivity index (χ2v) is 4.17. The van der Waals surface area contributed by atoms with Gasteiger partial charge in [-0.2, -0.15) is 5.10 Å². The first kappa shape index (κ1) is 13.1. The third kappa shape index (κ3) is 2.90. The lowest BCUT2D eigenvalue weighted by molar-refractivity contribution is 0.285. The van der Waals surface area contributed by atoms with Crippen molar-refractivity contribution in [2.45, 2.75) is 27.0 Å². The lowest BCUT2D eigenvalue weighted by Gasteiger charge is -2.10. The van der Waals surface area contributed by atoms with Crippen LogP contribution in [-0.4, -0.2) is 20.6 Å². The molecular formula is C13H17N5O. The lowest BCUT2D eigenvalue weighted by Crippen LogP contribution is -2.12. The minimum Gasteiger partial charge on any atom is -0.485 e. The summed E-state index contributed by atoms with van der Waals surface area (Å²) in [7, 11) is 0. The zero-order valence-electron chi connectivity index (χ0n) is 11.1. The minimum atomic E-state index is 0.0292. The van der Waals surface area contributed by atoms with Crippen molar-refractivity contribution in [3.8, 4) is 5.75 Å². The summed E-state index contributed by atoms with van der Waals surface area (Å²) < 4.78 is 7.52. The maximum absolute atomic E-state index is 7.43. The number of ether oxygens (including phenoxy) is 1. The highest BCUT2D eigenvalue weighted by molar-refractivity contribution is 5.95. The lowest BCUT2D eigenvalue weighted by atomic mass is 10.1. The molecule has 1 aromatic carbocycles. The van der Waals surface area contributed by atoms with Gasteiger partial charge in [-0.1, -0.05) is 12.1 Å². The molecule has 0 aliphatic rings. The van der Waals surface area contributed by atoms with Gasteiger partial charge in [0.25, 0.3) is 0 Å². The van der Waals surface area contributed by atoms with E-state index in [1.807, 2.05) is 19.9 Å². The van der Waals surface area contributed by atoms with Crippen molar-refractivity contribution in [2.24, 2.45) is 5.73 Å². The Labute approximate surface area is 111 Å². The predicted molar refractivity (Wildman–Crippen MR) is 72.2 cm³/mol. The number of nitrogen functional groups attached to an aromatic ring is 1. The molecule has 0 bridgehead atoms. The van der Waals surface area contributed by atoms with Crippen LogP contribution in [-0.2, 0) is 13.2 Å². The van der Waals surface area contributed by atoms with Gasteiger partial charge in [0.15, 0.2) is 5.82 Å². The Hall–Kier alpha value is -2.37. The number of benzene rings is 1. The molecule has 0 saturated carbocycles. The highest BCUT2D eigenvalue weighted by Crippen LogP contribution is 2.20. The van der Waals surface area contributed by atoms with Gasteiger partial charge in [0, 0.05) is 12.1 Å². The van der Waals surface area contributed by atoms with E-state index in [0.29, 0.717) is 17.9 Å². The zero-order chi connectivity index (χ0) is 13.8. The highest BCUT2D eigenvalue weighted by Gasteiger charge is 2.07. The average Bonchev–Trinajstić information content (AvgIpc) is 2.85. The van der Waals surface area contributed by atoms with Gasteiger partial charge in [-0.15, -0.1) is 0 Å². The smallest absolute Gasteiger partial charge is 0.164 e. The quantitative estimate of drug-likeness (QED) is 0.628. The van der Waals surface area contributed by atoms with E-state index < -0.39 is 0 Å². The molecular weight excluding hydrogens is 242 g/mol. The Balaban J connectivity index is 2.15. The molecule has 2 rings (SSSR count). The molecule has 0 fully saturated rings. The number of aryl methyl sites for hydroxylation is 2. The molecule has 0 unspecified atom stereocenters. The van der Waals surface area contributed by atoms with Crippen LogP contribution in [0.1, 0.15) is 23.9 Å². The Morgan fingerprint density at radius 2 is 2.26 bits per heavy atom. The molecule has 1 aromatic heterocycles. The molecule has 100 valence electrons. The maximum atomic E-state index is 7.43. The molecule has 0 aliphatic heterocycles. The van der Waals surface area contributed by atoms with Crippen molar-refractivity contribution >= 4 is 5.84 Å². The highest BCUT2D eigenvalue weighted by atomic mass is 16.5. The first-order chi connectivity index (χ1) is 9.11. The molecule has 19 heavy (non-hydrogen) atoms. The molecule has 3 N–H and O–H groups in total. The number of nitrogens with zero attached hydrogens (tertiary/aromatic N) is 3. The minimum absolute atomic E-state index is 0.0292. The van der Waals surface area contributed by atoms with E-state index in [2.05, 4.69) is 10.1 Å². The number of nitrogens with two attached hydrogens (primary N) is 1. The van der Waals surface area contributed by atoms with Crippen LogP contribution in [0, 0.1) is 12.3 Å². The predicted octanol–water partition coefficient (Wildman–Crippen LogP) is 1.47. The molecule has 0 aliphatic carbocycles. The number of aromatic nitrogens is 3. The van der Waals surface area contributed by atoms with Crippen LogP contribution in [0.15, 0.2) is 24.5 Å². The largest absolute Gasteiger partial charge is 0.485 e. The van der Waals surface area contributed by atoms with Gasteiger partial charge in [0.05, 0.1) is 0 Å². The van der Waals surface area contributed by atoms with E-state index in [1.165, 1.54) is 6.33 Å². The van der Waals surface area contributed by atoms with Crippen molar-refractivity contribution in [1.29, 1.82) is 5.41 Å². The Kier molecular flexibility index (Phi) is 3.79. The SMILES string of the molecule is CCn1ncnc1COc1cc(C(=N)N)ccc1C. The van der Waals surface area contributed by atoms with E-state index in [1.54, 1.807) is 16.8 Å². The van der Waals surface area contributed by atoms with Crippen LogP contribution in [0.3, 0.4) is 0 Å². The van der Waals surface area contributed by atoms with Crippen LogP contribution in [0.4, 0.5) is 0 Å². The van der Waals surface area contributed by atoms with Gasteiger partial charge in [0.1, 0.15) is 24.5 Å². The van der Waals surface area contributed by atoms with Crippen LogP contribution < -0.4 is 10.5 Å². The number of rotatable bonds is 5. The van der Waals surface area contributed by atoms with Gasteiger partial charge in [-0.3, -0.25) is 5.41 Å². The second-order valence-electron chi connectivity index (χ2n) is 4.17. The van der Waals surface area contributed by atoms with Gasteiger partial charge < -0.3 is 10.5 Å². The van der Waals surface area contributed by atoms with Crippen molar-refractivity contribution in [3.05, 3.63) is 41.5 Å². The van der Waals surface area contributed by atoms with Gasteiger partial charge in [-0.25, -0.2) is 9.67 Å². The molecule has 0 atom stereocenters. The monoisotopic (exact) mass is 259 g/mol. The van der Waals surface area contributed by atoms with E-state index >= 15 is 0 Å². The average molecular weight is 259 g/mol. The van der Waals surface area contributed by atoms with Crippen molar-refractivity contribution in [1.82, 2.24) is 14.8 Å². The summed E-state index contributed by atoms with van der Waals surface area (Å²) >= 11 is 0. The summed E-state index contributed by atoms with van der Waals surface area (Å²) in [6.07, 6.45) is 1.51. The van der Waals surface area contributed by atoms with Crippen LogP contribution in [0.5, 0.6) is 5.75 Å². The number of hydrogen-bond donors (Lipinski definition) is 2. The first-order valence-corrected chi connectivity index (χ1v) is 6.06. The number of hydrogen-bond acceptors (Lipinski definition) is 4. The van der Waals surface area contributed by atoms with E-state index in [0.717, 1.165) is 17.9 Å². The van der Waals surface area contributed by atoms with Crippen LogP contribution >= 0.6 is 0 Å². The van der Waals surface area contributed by atoms with E-state index in [9.17, 15) is 0 Å². The van der Waals surface area contributed by atoms with Gasteiger partial charge in [0.2, 0.25) is 0 Å². The summed E-state index contributed by atoms with van der Waals surface area (Å²) in [5, 5.41) is 11.5. The second kappa shape index (κ2) is 5.51. The Morgan fingerprint density at radius 3 is 2.95 bits per heavy atom. The zero-order valence-corrected chi connectivity index (χ0v) is 11.1. The fourth-order valence-corrected chi connectivity index (χ4v) is 1.73. The Morgan fingerprint density at radius 1 is 1.47 bits per heavy atom. The Bertz CT molecular complexity index is 590. The molecule has 1 heterocycles. The molecule has 0 spiro atoms. The molecule has 2 aromatic rings. The summed E-state index contributed by atoms with van der Waals surface area (Å²) in [5.41, 5.74) is 7.11. The summed E-state index contributed by atoms with van der Waals surface area (Å²) in [5.74, 6) is 1.51. The summed E-state index contributed by atoms with van der Waals surface area (Å²) in [4.78, 5) is 4.15. The van der Waals surface area contributed by atoms with Gasteiger partial charge >= 0.3 is 0 Å². The third-order valence-electron chi connectivity index (χ3n) is 2.85. The van der Waals surface area contributed by atoms with E-state index in [-0.39, 0.29) is 5.84 Å². The molecule has 6 heteroatoms. The molecule has 0 radical (unpaired) electrons. The van der Waals surface area contributed by atoms with Crippen molar-refractivity contribution in [2.75, 3.05) is 0 Å². The number of amidine groups is 1. The summed E-state index contributed by atoms with van der Waals surface area (Å²) in [6.45, 7) is 5.05. The molecule has 0 saturated heterocycles. The first-order valence-electron chi connectivity index (χ1n) is 6.06. The molecule has 6 nitrogen and oxygen atoms in total. The molecule has 0 amide bonds. The third-order valence-corrected chi connectivity index (χ3v) is 2.85. The van der Waals surface area contributed by atoms with Crippen molar-refractivity contribution < 1.29 is 4.74 Å². The number of nitrogens with one attached hydrogen (secondary N) is 1. The normalized spacial score (nSPS) is 10.4. The van der Waals surface area contributed by atoms with Crippen LogP contribution in [0.2, 0.25) is 0 Å². The van der Waals surface area contributed by atoms with Crippen LogP contribution in [0.25, 0.3) is 0 Å². The topological polar surface area (TPSA) is 89.8 Å². The fraction of sp³-hybridized carbons (Fsp3) is 0.308. The fourth-order valence-electron chi connectivity index (χ4n) is 1.73. The maximum Gasteiger partial charge on any atom is 0.164 e. The van der Waals surface area contributed by atoms with E-state index in [4.69, 9.17) is 15.9 Å². The standard InChI is InChI=1S/C13H17N5O/c1-3-18-12(16-8-17-18)7-19-11-6-10(13(14)15)5-4-9(11)2/h4-6,8H,3,7H2,1-2H3,(H3,14,15). The van der Waals surface area contributed by atoms with Crippen molar-refractivity contribution in [3.63, 3.8) is 0 Å². The van der Waals surface area contributed by atoms with Gasteiger partial charge in [-0.05, 0) is 25.5 Å². The summed E-state index contributed by atoms with van der Waals surface area (Å²) in [6, 6.07) is 5.46.